The van der Waals surface area contributed by atoms with Gasteiger partial charge < -0.3 is 10.0 Å². The van der Waals surface area contributed by atoms with Crippen LogP contribution >= 0.6 is 0 Å². The number of hydrogen-bond donors (Lipinski definition) is 2. The SMILES string of the molecule is CS(=O)(=O)N[C@@H]1CN(C(=O)c2ccc(F)cc2)C[C@H]1O. The summed E-state index contributed by atoms with van der Waals surface area (Å²) in [6, 6.07) is 4.31. The van der Waals surface area contributed by atoms with Crippen molar-refractivity contribution in [3.8, 4) is 0 Å². The van der Waals surface area contributed by atoms with Gasteiger partial charge in [-0.1, -0.05) is 0 Å². The number of amides is 1. The molecule has 1 aliphatic rings. The van der Waals surface area contributed by atoms with Crippen molar-refractivity contribution in [2.24, 2.45) is 0 Å². The number of hydrogen-bond acceptors (Lipinski definition) is 4. The summed E-state index contributed by atoms with van der Waals surface area (Å²) in [5.41, 5.74) is 0.290. The molecule has 1 heterocycles. The minimum Gasteiger partial charge on any atom is -0.390 e. The smallest absolute Gasteiger partial charge is 0.254 e. The Morgan fingerprint density at radius 2 is 1.95 bits per heavy atom. The van der Waals surface area contributed by atoms with Gasteiger partial charge in [-0.2, -0.15) is 0 Å². The molecular weight excluding hydrogens is 287 g/mol. The van der Waals surface area contributed by atoms with E-state index < -0.39 is 28.0 Å². The Labute approximate surface area is 116 Å². The molecule has 1 aliphatic heterocycles. The molecule has 8 heteroatoms. The standard InChI is InChI=1S/C12H15FN2O4S/c1-20(18,19)14-10-6-15(7-11(10)16)12(17)8-2-4-9(13)5-3-8/h2-5,10-11,14,16H,6-7H2,1H3/t10-,11-/m1/s1. The molecule has 2 N–H and O–H groups in total. The number of rotatable bonds is 3. The Morgan fingerprint density at radius 3 is 2.50 bits per heavy atom. The normalized spacial score (nSPS) is 23.1. The maximum absolute atomic E-state index is 12.8. The van der Waals surface area contributed by atoms with Crippen molar-refractivity contribution in [2.75, 3.05) is 19.3 Å². The van der Waals surface area contributed by atoms with Crippen molar-refractivity contribution >= 4 is 15.9 Å². The van der Waals surface area contributed by atoms with Crippen LogP contribution in [-0.4, -0.2) is 55.8 Å². The fourth-order valence-electron chi connectivity index (χ4n) is 2.12. The molecule has 0 bridgehead atoms. The van der Waals surface area contributed by atoms with E-state index in [-0.39, 0.29) is 19.0 Å². The van der Waals surface area contributed by atoms with E-state index in [1.54, 1.807) is 0 Å². The van der Waals surface area contributed by atoms with Gasteiger partial charge in [-0.3, -0.25) is 4.79 Å². The molecule has 1 aromatic rings. The van der Waals surface area contributed by atoms with E-state index in [0.717, 1.165) is 6.26 Å². The molecular formula is C12H15FN2O4S. The highest BCUT2D eigenvalue weighted by atomic mass is 32.2. The van der Waals surface area contributed by atoms with Crippen LogP contribution in [0.25, 0.3) is 0 Å². The van der Waals surface area contributed by atoms with Gasteiger partial charge in [0.1, 0.15) is 5.82 Å². The van der Waals surface area contributed by atoms with Crippen LogP contribution in [0, 0.1) is 5.82 Å². The average Bonchev–Trinajstić information content (AvgIpc) is 2.69. The second-order valence-corrected chi connectivity index (χ2v) is 6.56. The topological polar surface area (TPSA) is 86.7 Å². The van der Waals surface area contributed by atoms with Gasteiger partial charge in [0.25, 0.3) is 5.91 Å². The molecule has 1 aromatic carbocycles. The van der Waals surface area contributed by atoms with Gasteiger partial charge in [-0.15, -0.1) is 0 Å². The summed E-state index contributed by atoms with van der Waals surface area (Å²) < 4.78 is 37.4. The molecule has 0 aliphatic carbocycles. The molecule has 0 spiro atoms. The molecule has 0 aromatic heterocycles. The highest BCUT2D eigenvalue weighted by Gasteiger charge is 2.35. The number of β-amino-alcohol motifs (C(OH)–C–C–N with tert-alkyl or cyclic N) is 1. The van der Waals surface area contributed by atoms with Gasteiger partial charge in [-0.25, -0.2) is 17.5 Å². The molecule has 1 fully saturated rings. The molecule has 2 rings (SSSR count). The highest BCUT2D eigenvalue weighted by molar-refractivity contribution is 7.88. The predicted molar refractivity (Wildman–Crippen MR) is 70.1 cm³/mol. The van der Waals surface area contributed by atoms with Crippen LogP contribution in [-0.2, 0) is 10.0 Å². The molecule has 1 amide bonds. The zero-order chi connectivity index (χ0) is 14.9. The van der Waals surface area contributed by atoms with Crippen molar-refractivity contribution in [1.82, 2.24) is 9.62 Å². The van der Waals surface area contributed by atoms with Crippen LogP contribution in [0.1, 0.15) is 10.4 Å². The lowest BCUT2D eigenvalue weighted by molar-refractivity contribution is 0.0765. The Balaban J connectivity index is 2.08. The zero-order valence-corrected chi connectivity index (χ0v) is 11.6. The molecule has 20 heavy (non-hydrogen) atoms. The summed E-state index contributed by atoms with van der Waals surface area (Å²) in [6.07, 6.45) is 0.0265. The van der Waals surface area contributed by atoms with Crippen LogP contribution in [0.4, 0.5) is 4.39 Å². The first-order chi connectivity index (χ1) is 9.26. The van der Waals surface area contributed by atoms with Crippen molar-refractivity contribution in [1.29, 1.82) is 0 Å². The van der Waals surface area contributed by atoms with E-state index in [2.05, 4.69) is 4.72 Å². The van der Waals surface area contributed by atoms with Crippen LogP contribution in [0.2, 0.25) is 0 Å². The number of nitrogens with zero attached hydrogens (tertiary/aromatic N) is 1. The van der Waals surface area contributed by atoms with Crippen LogP contribution in [0.5, 0.6) is 0 Å². The first-order valence-corrected chi connectivity index (χ1v) is 7.85. The molecule has 1 saturated heterocycles. The number of aliphatic hydroxyl groups excluding tert-OH is 1. The number of carbonyl (C=O) groups is 1. The molecule has 0 radical (unpaired) electrons. The van der Waals surface area contributed by atoms with E-state index in [4.69, 9.17) is 0 Å². The molecule has 0 unspecified atom stereocenters. The Kier molecular flexibility index (Phi) is 4.07. The third kappa shape index (κ3) is 3.53. The third-order valence-corrected chi connectivity index (χ3v) is 3.76. The third-order valence-electron chi connectivity index (χ3n) is 3.03. The first-order valence-electron chi connectivity index (χ1n) is 5.96. The molecule has 0 saturated carbocycles. The average molecular weight is 302 g/mol. The maximum atomic E-state index is 12.8. The molecule has 2 atom stereocenters. The highest BCUT2D eigenvalue weighted by Crippen LogP contribution is 2.15. The van der Waals surface area contributed by atoms with Crippen LogP contribution in [0.3, 0.4) is 0 Å². The minimum absolute atomic E-state index is 0.0311. The van der Waals surface area contributed by atoms with Gasteiger partial charge in [0.15, 0.2) is 0 Å². The summed E-state index contributed by atoms with van der Waals surface area (Å²) in [7, 11) is -3.46. The fraction of sp³-hybridized carbons (Fsp3) is 0.417. The van der Waals surface area contributed by atoms with Crippen LogP contribution in [0.15, 0.2) is 24.3 Å². The first kappa shape index (κ1) is 14.9. The number of sulfonamides is 1. The summed E-state index contributed by atoms with van der Waals surface area (Å²) in [6.45, 7) is 0.105. The van der Waals surface area contributed by atoms with Gasteiger partial charge >= 0.3 is 0 Å². The van der Waals surface area contributed by atoms with E-state index in [1.165, 1.54) is 29.2 Å². The second-order valence-electron chi connectivity index (χ2n) is 4.78. The molecule has 6 nitrogen and oxygen atoms in total. The van der Waals surface area contributed by atoms with Crippen molar-refractivity contribution in [3.63, 3.8) is 0 Å². The monoisotopic (exact) mass is 302 g/mol. The predicted octanol–water partition coefficient (Wildman–Crippen LogP) is -0.440. The lowest BCUT2D eigenvalue weighted by Gasteiger charge is -2.16. The Bertz CT molecular complexity index is 602. The number of benzene rings is 1. The lowest BCUT2D eigenvalue weighted by atomic mass is 10.2. The van der Waals surface area contributed by atoms with Gasteiger partial charge in [-0.05, 0) is 24.3 Å². The number of carbonyl (C=O) groups excluding carboxylic acids is 1. The Morgan fingerprint density at radius 1 is 1.35 bits per heavy atom. The van der Waals surface area contributed by atoms with E-state index in [9.17, 15) is 22.7 Å². The summed E-state index contributed by atoms with van der Waals surface area (Å²) in [5, 5.41) is 9.78. The Hall–Kier alpha value is -1.51. The maximum Gasteiger partial charge on any atom is 0.254 e. The summed E-state index contributed by atoms with van der Waals surface area (Å²) in [5.74, 6) is -0.818. The largest absolute Gasteiger partial charge is 0.390 e. The lowest BCUT2D eigenvalue weighted by Crippen LogP contribution is -2.42. The summed E-state index contributed by atoms with van der Waals surface area (Å²) >= 11 is 0. The molecule has 110 valence electrons. The number of nitrogens with one attached hydrogen (secondary N) is 1. The van der Waals surface area contributed by atoms with E-state index >= 15 is 0 Å². The van der Waals surface area contributed by atoms with Gasteiger partial charge in [0.2, 0.25) is 10.0 Å². The van der Waals surface area contributed by atoms with Crippen molar-refractivity contribution in [3.05, 3.63) is 35.6 Å². The quantitative estimate of drug-likeness (QED) is 0.792. The number of halogens is 1. The van der Waals surface area contributed by atoms with Crippen molar-refractivity contribution in [2.45, 2.75) is 12.1 Å². The van der Waals surface area contributed by atoms with Gasteiger partial charge in [0, 0.05) is 18.7 Å². The summed E-state index contributed by atoms with van der Waals surface area (Å²) in [4.78, 5) is 13.5. The fourth-order valence-corrected chi connectivity index (χ4v) is 2.90. The van der Waals surface area contributed by atoms with Crippen molar-refractivity contribution < 1.29 is 22.7 Å². The zero-order valence-electron chi connectivity index (χ0n) is 10.8. The number of aliphatic hydroxyl groups is 1. The second kappa shape index (κ2) is 5.47. The number of likely N-dealkylation sites (tertiary alicyclic amines) is 1. The van der Waals surface area contributed by atoms with E-state index in [0.29, 0.717) is 5.56 Å². The van der Waals surface area contributed by atoms with Gasteiger partial charge in [0.05, 0.1) is 18.4 Å². The minimum atomic E-state index is -3.46. The van der Waals surface area contributed by atoms with Crippen LogP contribution < -0.4 is 4.72 Å². The van der Waals surface area contributed by atoms with E-state index in [1.807, 2.05) is 0 Å².